The lowest BCUT2D eigenvalue weighted by atomic mass is 9.93. The zero-order valence-corrected chi connectivity index (χ0v) is 22.2. The minimum Gasteiger partial charge on any atom is -0.333 e. The maximum Gasteiger partial charge on any atom is 0.242 e. The second kappa shape index (κ2) is 11.4. The van der Waals surface area contributed by atoms with Crippen LogP contribution in [0.2, 0.25) is 5.02 Å². The van der Waals surface area contributed by atoms with Crippen molar-refractivity contribution in [1.82, 2.24) is 9.80 Å². The molecule has 6 heteroatoms. The molecule has 184 valence electrons. The fourth-order valence-corrected chi connectivity index (χ4v) is 6.01. The Morgan fingerprint density at radius 2 is 1.80 bits per heavy atom. The summed E-state index contributed by atoms with van der Waals surface area (Å²) in [5.74, 6) is 0.0207. The number of amides is 2. The van der Waals surface area contributed by atoms with Gasteiger partial charge in [0.2, 0.25) is 11.8 Å². The summed E-state index contributed by atoms with van der Waals surface area (Å²) in [6, 6.07) is 19.6. The molecule has 35 heavy (non-hydrogen) atoms. The first-order chi connectivity index (χ1) is 16.9. The van der Waals surface area contributed by atoms with E-state index in [2.05, 4.69) is 25.3 Å². The van der Waals surface area contributed by atoms with Crippen LogP contribution in [0.4, 0.5) is 0 Å². The SMILES string of the molecule is CCC(C(=O)N(CC(=O)N1CCc2sccc2C1c1ccc(Cl)cc1)CC(C)C)c1ccccc1. The number of carbonyl (C=O) groups excluding carboxylic acids is 2. The van der Waals surface area contributed by atoms with Gasteiger partial charge in [0, 0.05) is 23.0 Å². The standard InChI is InChI=1S/C29H33ClN2O2S/c1-4-24(21-8-6-5-7-9-21)29(34)31(18-20(2)3)19-27(33)32-16-14-26-25(15-17-35-26)28(32)22-10-12-23(30)13-11-22/h5-13,15,17,20,24,28H,4,14,16,18-19H2,1-3H3. The molecule has 4 nitrogen and oxygen atoms in total. The van der Waals surface area contributed by atoms with E-state index in [0.717, 1.165) is 17.5 Å². The van der Waals surface area contributed by atoms with Crippen molar-refractivity contribution < 1.29 is 9.59 Å². The number of fused-ring (bicyclic) bond motifs is 1. The van der Waals surface area contributed by atoms with Gasteiger partial charge in [0.15, 0.2) is 0 Å². The van der Waals surface area contributed by atoms with Crippen LogP contribution in [0.5, 0.6) is 0 Å². The van der Waals surface area contributed by atoms with Crippen LogP contribution in [0.1, 0.15) is 60.7 Å². The van der Waals surface area contributed by atoms with Crippen molar-refractivity contribution in [2.75, 3.05) is 19.6 Å². The van der Waals surface area contributed by atoms with E-state index in [1.54, 1.807) is 16.2 Å². The van der Waals surface area contributed by atoms with Gasteiger partial charge in [-0.1, -0.05) is 74.8 Å². The maximum absolute atomic E-state index is 13.8. The van der Waals surface area contributed by atoms with E-state index >= 15 is 0 Å². The predicted octanol–water partition coefficient (Wildman–Crippen LogP) is 6.55. The molecular weight excluding hydrogens is 476 g/mol. The van der Waals surface area contributed by atoms with Crippen LogP contribution in [0.15, 0.2) is 66.0 Å². The Balaban J connectivity index is 1.61. The first kappa shape index (κ1) is 25.5. The normalized spacial score (nSPS) is 16.1. The van der Waals surface area contributed by atoms with Crippen molar-refractivity contribution in [3.63, 3.8) is 0 Å². The minimum absolute atomic E-state index is 0.0151. The summed E-state index contributed by atoms with van der Waals surface area (Å²) in [4.78, 5) is 32.6. The highest BCUT2D eigenvalue weighted by Crippen LogP contribution is 2.38. The van der Waals surface area contributed by atoms with Crippen LogP contribution in [0, 0.1) is 5.92 Å². The average molecular weight is 509 g/mol. The molecule has 1 aromatic heterocycles. The lowest BCUT2D eigenvalue weighted by molar-refractivity contribution is -0.143. The first-order valence-electron chi connectivity index (χ1n) is 12.3. The topological polar surface area (TPSA) is 40.6 Å². The van der Waals surface area contributed by atoms with Crippen molar-refractivity contribution in [3.05, 3.63) is 92.6 Å². The molecule has 1 aliphatic rings. The molecule has 1 aliphatic heterocycles. The second-order valence-electron chi connectivity index (χ2n) is 9.57. The summed E-state index contributed by atoms with van der Waals surface area (Å²) in [6.45, 7) is 7.48. The van der Waals surface area contributed by atoms with Crippen LogP contribution in [0.3, 0.4) is 0 Å². The van der Waals surface area contributed by atoms with Crippen molar-refractivity contribution in [2.24, 2.45) is 5.92 Å². The first-order valence-corrected chi connectivity index (χ1v) is 13.6. The van der Waals surface area contributed by atoms with Crippen LogP contribution in [0.25, 0.3) is 0 Å². The van der Waals surface area contributed by atoms with Gasteiger partial charge in [-0.3, -0.25) is 9.59 Å². The van der Waals surface area contributed by atoms with Crippen LogP contribution < -0.4 is 0 Å². The molecule has 0 spiro atoms. The number of benzene rings is 2. The molecule has 3 aromatic rings. The molecule has 0 bridgehead atoms. The Morgan fingerprint density at radius 3 is 2.46 bits per heavy atom. The van der Waals surface area contributed by atoms with E-state index < -0.39 is 0 Å². The molecule has 2 unspecified atom stereocenters. The van der Waals surface area contributed by atoms with Gasteiger partial charge in [0.25, 0.3) is 0 Å². The molecule has 0 radical (unpaired) electrons. The van der Waals surface area contributed by atoms with Crippen LogP contribution in [-0.2, 0) is 16.0 Å². The summed E-state index contributed by atoms with van der Waals surface area (Å²) >= 11 is 7.90. The lowest BCUT2D eigenvalue weighted by Crippen LogP contribution is -2.48. The molecule has 2 aromatic carbocycles. The monoisotopic (exact) mass is 508 g/mol. The van der Waals surface area contributed by atoms with E-state index in [4.69, 9.17) is 11.6 Å². The van der Waals surface area contributed by atoms with Gasteiger partial charge in [-0.25, -0.2) is 0 Å². The van der Waals surface area contributed by atoms with Gasteiger partial charge in [-0.2, -0.15) is 0 Å². The zero-order chi connectivity index (χ0) is 24.9. The summed E-state index contributed by atoms with van der Waals surface area (Å²) in [7, 11) is 0. The molecule has 0 aliphatic carbocycles. The number of carbonyl (C=O) groups is 2. The summed E-state index contributed by atoms with van der Waals surface area (Å²) in [5.41, 5.74) is 3.22. The van der Waals surface area contributed by atoms with Gasteiger partial charge in [-0.15, -0.1) is 11.3 Å². The van der Waals surface area contributed by atoms with Crippen LogP contribution >= 0.6 is 22.9 Å². The third-order valence-electron chi connectivity index (χ3n) is 6.60. The Morgan fingerprint density at radius 1 is 1.09 bits per heavy atom. The molecule has 4 rings (SSSR count). The quantitative estimate of drug-likeness (QED) is 0.346. The number of rotatable bonds is 8. The average Bonchev–Trinajstić information content (AvgIpc) is 3.33. The van der Waals surface area contributed by atoms with E-state index in [1.807, 2.05) is 66.4 Å². The molecule has 2 heterocycles. The van der Waals surface area contributed by atoms with Crippen molar-refractivity contribution in [1.29, 1.82) is 0 Å². The van der Waals surface area contributed by atoms with Gasteiger partial charge in [-0.05, 0) is 59.0 Å². The smallest absolute Gasteiger partial charge is 0.242 e. The highest BCUT2D eigenvalue weighted by atomic mass is 35.5. The van der Waals surface area contributed by atoms with E-state index in [9.17, 15) is 9.59 Å². The Bertz CT molecular complexity index is 1140. The fraction of sp³-hybridized carbons (Fsp3) is 0.379. The van der Waals surface area contributed by atoms with Gasteiger partial charge < -0.3 is 9.80 Å². The second-order valence-corrected chi connectivity index (χ2v) is 11.0. The number of hydrogen-bond donors (Lipinski definition) is 0. The van der Waals surface area contributed by atoms with Crippen molar-refractivity contribution in [3.8, 4) is 0 Å². The number of hydrogen-bond acceptors (Lipinski definition) is 3. The number of nitrogens with zero attached hydrogens (tertiary/aromatic N) is 2. The zero-order valence-electron chi connectivity index (χ0n) is 20.6. The number of thiophene rings is 1. The number of halogens is 1. The van der Waals surface area contributed by atoms with E-state index in [-0.39, 0.29) is 36.2 Å². The molecule has 2 atom stereocenters. The predicted molar refractivity (Wildman–Crippen MR) is 144 cm³/mol. The van der Waals surface area contributed by atoms with Crippen molar-refractivity contribution in [2.45, 2.75) is 45.6 Å². The highest BCUT2D eigenvalue weighted by Gasteiger charge is 2.35. The van der Waals surface area contributed by atoms with Crippen molar-refractivity contribution >= 4 is 34.8 Å². The van der Waals surface area contributed by atoms with Gasteiger partial charge >= 0.3 is 0 Å². The minimum atomic E-state index is -0.250. The lowest BCUT2D eigenvalue weighted by Gasteiger charge is -2.38. The van der Waals surface area contributed by atoms with E-state index in [0.29, 0.717) is 24.5 Å². The third kappa shape index (κ3) is 5.79. The highest BCUT2D eigenvalue weighted by molar-refractivity contribution is 7.10. The Labute approximate surface area is 217 Å². The Hall–Kier alpha value is -2.63. The third-order valence-corrected chi connectivity index (χ3v) is 7.85. The molecule has 0 saturated carbocycles. The summed E-state index contributed by atoms with van der Waals surface area (Å²) in [6.07, 6.45) is 1.53. The summed E-state index contributed by atoms with van der Waals surface area (Å²) in [5, 5.41) is 2.77. The molecule has 2 amide bonds. The maximum atomic E-state index is 13.8. The molecule has 0 fully saturated rings. The summed E-state index contributed by atoms with van der Waals surface area (Å²) < 4.78 is 0. The molecular formula is C29H33ClN2O2S. The van der Waals surface area contributed by atoms with Gasteiger partial charge in [0.05, 0.1) is 18.5 Å². The molecule has 0 saturated heterocycles. The Kier molecular flexibility index (Phi) is 8.30. The molecule has 0 N–H and O–H groups in total. The van der Waals surface area contributed by atoms with Crippen LogP contribution in [-0.4, -0.2) is 41.2 Å². The fourth-order valence-electron chi connectivity index (χ4n) is 4.98. The van der Waals surface area contributed by atoms with Gasteiger partial charge in [0.1, 0.15) is 0 Å². The largest absolute Gasteiger partial charge is 0.333 e. The van der Waals surface area contributed by atoms with E-state index in [1.165, 1.54) is 10.4 Å².